The molecule has 2 fully saturated rings. The first-order valence-corrected chi connectivity index (χ1v) is 6.90. The van der Waals surface area contributed by atoms with E-state index in [0.29, 0.717) is 25.9 Å². The van der Waals surface area contributed by atoms with Gasteiger partial charge in [-0.3, -0.25) is 9.69 Å². The van der Waals surface area contributed by atoms with E-state index in [1.54, 1.807) is 0 Å². The van der Waals surface area contributed by atoms with E-state index in [0.717, 1.165) is 0 Å². The normalized spacial score (nSPS) is 24.1. The van der Waals surface area contributed by atoms with Crippen molar-refractivity contribution >= 4 is 18.0 Å². The highest BCUT2D eigenvalue weighted by Crippen LogP contribution is 2.24. The van der Waals surface area contributed by atoms with Crippen LogP contribution in [0, 0.1) is 5.92 Å². The Labute approximate surface area is 117 Å². The minimum atomic E-state index is -0.984. The molecule has 2 aliphatic rings. The van der Waals surface area contributed by atoms with E-state index in [2.05, 4.69) is 0 Å². The second-order valence-corrected chi connectivity index (χ2v) is 5.52. The van der Waals surface area contributed by atoms with Crippen LogP contribution in [0.15, 0.2) is 0 Å². The molecule has 0 radical (unpaired) electrons. The predicted molar refractivity (Wildman–Crippen MR) is 69.1 cm³/mol. The molecular formula is C13H20N2O5. The van der Waals surface area contributed by atoms with E-state index in [-0.39, 0.29) is 18.4 Å². The average molecular weight is 284 g/mol. The highest BCUT2D eigenvalue weighted by molar-refractivity contribution is 5.90. The van der Waals surface area contributed by atoms with Crippen molar-refractivity contribution in [1.29, 1.82) is 0 Å². The lowest BCUT2D eigenvalue weighted by Crippen LogP contribution is -2.54. The van der Waals surface area contributed by atoms with E-state index in [1.165, 1.54) is 9.80 Å². The molecule has 20 heavy (non-hydrogen) atoms. The monoisotopic (exact) mass is 284 g/mol. The summed E-state index contributed by atoms with van der Waals surface area (Å²) in [5.74, 6) is -1.37. The Morgan fingerprint density at radius 3 is 2.55 bits per heavy atom. The molecule has 0 bridgehead atoms. The van der Waals surface area contributed by atoms with Gasteiger partial charge in [-0.25, -0.2) is 9.59 Å². The number of amides is 2. The third kappa shape index (κ3) is 2.57. The van der Waals surface area contributed by atoms with Crippen LogP contribution in [-0.2, 0) is 14.3 Å². The lowest BCUT2D eigenvalue weighted by molar-refractivity contribution is -0.150. The largest absolute Gasteiger partial charge is 0.480 e. The van der Waals surface area contributed by atoms with Crippen molar-refractivity contribution in [1.82, 2.24) is 9.80 Å². The summed E-state index contributed by atoms with van der Waals surface area (Å²) in [5.41, 5.74) is 0. The van der Waals surface area contributed by atoms with Crippen molar-refractivity contribution in [3.63, 3.8) is 0 Å². The van der Waals surface area contributed by atoms with Crippen LogP contribution >= 0.6 is 0 Å². The molecule has 7 nitrogen and oxygen atoms in total. The summed E-state index contributed by atoms with van der Waals surface area (Å²) in [6, 6.07) is -1.42. The first-order valence-electron chi connectivity index (χ1n) is 6.90. The third-order valence-corrected chi connectivity index (χ3v) is 3.83. The van der Waals surface area contributed by atoms with Gasteiger partial charge in [-0.2, -0.15) is 0 Å². The van der Waals surface area contributed by atoms with Crippen molar-refractivity contribution in [3.05, 3.63) is 0 Å². The van der Waals surface area contributed by atoms with Crippen LogP contribution in [0.25, 0.3) is 0 Å². The molecule has 0 spiro atoms. The first-order chi connectivity index (χ1) is 9.43. The minimum Gasteiger partial charge on any atom is -0.480 e. The zero-order valence-corrected chi connectivity index (χ0v) is 11.7. The number of rotatable bonds is 4. The van der Waals surface area contributed by atoms with Gasteiger partial charge in [0, 0.05) is 6.54 Å². The smallest absolute Gasteiger partial charge is 0.410 e. The van der Waals surface area contributed by atoms with Crippen LogP contribution in [0.1, 0.15) is 26.7 Å². The Balaban J connectivity index is 2.19. The molecule has 7 heteroatoms. The minimum absolute atomic E-state index is 0.0943. The molecule has 0 aliphatic carbocycles. The zero-order chi connectivity index (χ0) is 14.9. The molecule has 2 saturated heterocycles. The molecule has 2 heterocycles. The van der Waals surface area contributed by atoms with Gasteiger partial charge in [0.2, 0.25) is 5.91 Å². The van der Waals surface area contributed by atoms with Crippen molar-refractivity contribution in [3.8, 4) is 0 Å². The molecule has 0 unspecified atom stereocenters. The van der Waals surface area contributed by atoms with Gasteiger partial charge in [-0.05, 0) is 18.8 Å². The zero-order valence-electron chi connectivity index (χ0n) is 11.7. The summed E-state index contributed by atoms with van der Waals surface area (Å²) in [6.07, 6.45) is 0.650. The second-order valence-electron chi connectivity index (χ2n) is 5.52. The van der Waals surface area contributed by atoms with Crippen molar-refractivity contribution in [2.24, 2.45) is 5.92 Å². The molecule has 1 N–H and O–H groups in total. The van der Waals surface area contributed by atoms with Crippen LogP contribution in [0.3, 0.4) is 0 Å². The van der Waals surface area contributed by atoms with Crippen LogP contribution in [-0.4, -0.2) is 64.7 Å². The van der Waals surface area contributed by atoms with E-state index < -0.39 is 24.1 Å². The number of carbonyl (C=O) groups excluding carboxylic acids is 2. The molecule has 2 aliphatic heterocycles. The number of carbonyl (C=O) groups is 3. The van der Waals surface area contributed by atoms with Crippen molar-refractivity contribution in [2.45, 2.75) is 38.8 Å². The molecule has 2 rings (SSSR count). The molecular weight excluding hydrogens is 264 g/mol. The fourth-order valence-electron chi connectivity index (χ4n) is 2.89. The quantitative estimate of drug-likeness (QED) is 0.814. The summed E-state index contributed by atoms with van der Waals surface area (Å²) >= 11 is 0. The lowest BCUT2D eigenvalue weighted by Gasteiger charge is -2.33. The van der Waals surface area contributed by atoms with Gasteiger partial charge in [0.15, 0.2) is 0 Å². The summed E-state index contributed by atoms with van der Waals surface area (Å²) in [5, 5.41) is 9.17. The first kappa shape index (κ1) is 14.6. The number of nitrogens with zero attached hydrogens (tertiary/aromatic N) is 2. The number of hydrogen-bond acceptors (Lipinski definition) is 4. The van der Waals surface area contributed by atoms with Crippen LogP contribution < -0.4 is 0 Å². The maximum atomic E-state index is 12.6. The highest BCUT2D eigenvalue weighted by Gasteiger charge is 2.43. The van der Waals surface area contributed by atoms with Gasteiger partial charge in [-0.15, -0.1) is 0 Å². The molecule has 0 aromatic heterocycles. The molecule has 2 atom stereocenters. The Morgan fingerprint density at radius 2 is 2.05 bits per heavy atom. The number of cyclic esters (lactones) is 1. The molecule has 112 valence electrons. The Hall–Kier alpha value is -1.79. The topological polar surface area (TPSA) is 87.2 Å². The number of carboxylic acid groups (broad SMARTS) is 1. The van der Waals surface area contributed by atoms with Crippen LogP contribution in [0.2, 0.25) is 0 Å². The van der Waals surface area contributed by atoms with Gasteiger partial charge in [0.1, 0.15) is 18.7 Å². The second kappa shape index (κ2) is 5.68. The van der Waals surface area contributed by atoms with Gasteiger partial charge in [-0.1, -0.05) is 13.8 Å². The van der Waals surface area contributed by atoms with E-state index in [1.807, 2.05) is 13.8 Å². The predicted octanol–water partition coefficient (Wildman–Crippen LogP) is 0.539. The van der Waals surface area contributed by atoms with E-state index in [4.69, 9.17) is 4.74 Å². The van der Waals surface area contributed by atoms with Gasteiger partial charge in [0.25, 0.3) is 0 Å². The van der Waals surface area contributed by atoms with Crippen molar-refractivity contribution < 1.29 is 24.2 Å². The standard InChI is InChI=1S/C13H20N2O5/c1-8(2)10(15-6-7-20-13(15)19)11(16)14-5-3-4-9(14)12(17)18/h8-10H,3-7H2,1-2H3,(H,17,18)/t9-,10-/m0/s1. The Kier molecular flexibility index (Phi) is 4.15. The third-order valence-electron chi connectivity index (χ3n) is 3.83. The summed E-state index contributed by atoms with van der Waals surface area (Å²) in [6.45, 7) is 4.78. The van der Waals surface area contributed by atoms with Crippen LogP contribution in [0.4, 0.5) is 4.79 Å². The molecule has 0 aromatic rings. The van der Waals surface area contributed by atoms with Gasteiger partial charge < -0.3 is 14.7 Å². The number of hydrogen-bond donors (Lipinski definition) is 1. The molecule has 0 aromatic carbocycles. The number of aliphatic carboxylic acids is 1. The fraction of sp³-hybridized carbons (Fsp3) is 0.769. The number of carboxylic acids is 1. The highest BCUT2D eigenvalue weighted by atomic mass is 16.6. The SMILES string of the molecule is CC(C)[C@@H](C(=O)N1CCC[C@H]1C(=O)O)N1CCOC1=O. The van der Waals surface area contributed by atoms with E-state index >= 15 is 0 Å². The summed E-state index contributed by atoms with van der Waals surface area (Å²) < 4.78 is 4.88. The summed E-state index contributed by atoms with van der Waals surface area (Å²) in [7, 11) is 0. The maximum Gasteiger partial charge on any atom is 0.410 e. The number of ether oxygens (including phenoxy) is 1. The molecule has 2 amide bonds. The lowest BCUT2D eigenvalue weighted by atomic mass is 10.0. The number of likely N-dealkylation sites (tertiary alicyclic amines) is 1. The Bertz CT molecular complexity index is 423. The Morgan fingerprint density at radius 1 is 1.35 bits per heavy atom. The molecule has 0 saturated carbocycles. The maximum absolute atomic E-state index is 12.6. The van der Waals surface area contributed by atoms with Gasteiger partial charge >= 0.3 is 12.1 Å². The fourth-order valence-corrected chi connectivity index (χ4v) is 2.89. The average Bonchev–Trinajstić information content (AvgIpc) is 2.98. The summed E-state index contributed by atoms with van der Waals surface area (Å²) in [4.78, 5) is 38.3. The van der Waals surface area contributed by atoms with Crippen LogP contribution in [0.5, 0.6) is 0 Å². The van der Waals surface area contributed by atoms with Gasteiger partial charge in [0.05, 0.1) is 6.54 Å². The van der Waals surface area contributed by atoms with E-state index in [9.17, 15) is 19.5 Å². The van der Waals surface area contributed by atoms with Crippen molar-refractivity contribution in [2.75, 3.05) is 19.7 Å².